The van der Waals surface area contributed by atoms with Crippen LogP contribution in [0.5, 0.6) is 0 Å². The molecule has 150 valence electrons. The van der Waals surface area contributed by atoms with Crippen molar-refractivity contribution < 1.29 is 14.3 Å². The van der Waals surface area contributed by atoms with E-state index in [1.54, 1.807) is 0 Å². The van der Waals surface area contributed by atoms with Gasteiger partial charge in [0.25, 0.3) is 5.71 Å². The van der Waals surface area contributed by atoms with Crippen LogP contribution in [-0.4, -0.2) is 39.1 Å². The molecule has 1 N–H and O–H groups in total. The van der Waals surface area contributed by atoms with Gasteiger partial charge in [-0.05, 0) is 25.0 Å². The normalized spacial score (nSPS) is 14.9. The fraction of sp³-hybridized carbons (Fsp3) is 0.217. The molecule has 2 aromatic carbocycles. The zero-order valence-corrected chi connectivity index (χ0v) is 16.2. The van der Waals surface area contributed by atoms with Crippen molar-refractivity contribution in [1.82, 2.24) is 15.0 Å². The lowest BCUT2D eigenvalue weighted by molar-refractivity contribution is -0.142. The van der Waals surface area contributed by atoms with Crippen LogP contribution in [0.1, 0.15) is 12.8 Å². The zero-order chi connectivity index (χ0) is 20.5. The average molecular weight is 400 g/mol. The zero-order valence-electron chi connectivity index (χ0n) is 16.2. The van der Waals surface area contributed by atoms with Gasteiger partial charge in [0.15, 0.2) is 17.2 Å². The highest BCUT2D eigenvalue weighted by Crippen LogP contribution is 2.33. The minimum absolute atomic E-state index is 0.315. The van der Waals surface area contributed by atoms with Crippen molar-refractivity contribution in [3.8, 4) is 22.8 Å². The van der Waals surface area contributed by atoms with E-state index in [9.17, 15) is 9.90 Å². The SMILES string of the molecule is O=C(O)C1CCN(c2nc(-c3ccccc3)nc3oc(-c4ccccc4)nc23)CC1. The van der Waals surface area contributed by atoms with Gasteiger partial charge in [0.2, 0.25) is 5.89 Å². The third-order valence-corrected chi connectivity index (χ3v) is 5.44. The molecule has 2 aromatic heterocycles. The molecule has 3 heterocycles. The molecule has 7 heteroatoms. The van der Waals surface area contributed by atoms with Crippen molar-refractivity contribution in [1.29, 1.82) is 0 Å². The summed E-state index contributed by atoms with van der Waals surface area (Å²) in [6.45, 7) is 1.20. The molecule has 0 radical (unpaired) electrons. The van der Waals surface area contributed by atoms with Gasteiger partial charge in [-0.2, -0.15) is 4.98 Å². The summed E-state index contributed by atoms with van der Waals surface area (Å²) in [7, 11) is 0. The van der Waals surface area contributed by atoms with Crippen LogP contribution < -0.4 is 4.90 Å². The predicted molar refractivity (Wildman–Crippen MR) is 113 cm³/mol. The first-order valence-corrected chi connectivity index (χ1v) is 9.96. The lowest BCUT2D eigenvalue weighted by Gasteiger charge is -2.31. The van der Waals surface area contributed by atoms with Gasteiger partial charge < -0.3 is 14.4 Å². The lowest BCUT2D eigenvalue weighted by atomic mass is 9.97. The maximum Gasteiger partial charge on any atom is 0.306 e. The van der Waals surface area contributed by atoms with Crippen LogP contribution in [0.3, 0.4) is 0 Å². The Kier molecular flexibility index (Phi) is 4.63. The fourth-order valence-electron chi connectivity index (χ4n) is 3.79. The molecule has 7 nitrogen and oxygen atoms in total. The summed E-state index contributed by atoms with van der Waals surface area (Å²) in [6, 6.07) is 19.4. The standard InChI is InChI=1S/C23H20N4O3/c28-23(29)17-11-13-27(14-12-17)20-18-22(26-19(25-20)15-7-3-1-4-8-15)30-21(24-18)16-9-5-2-6-10-16/h1-10,17H,11-14H2,(H,28,29). The van der Waals surface area contributed by atoms with Gasteiger partial charge in [0.1, 0.15) is 0 Å². The van der Waals surface area contributed by atoms with Crippen molar-refractivity contribution >= 4 is 23.0 Å². The maximum atomic E-state index is 11.3. The smallest absolute Gasteiger partial charge is 0.306 e. The predicted octanol–water partition coefficient (Wildman–Crippen LogP) is 4.25. The number of piperidine rings is 1. The van der Waals surface area contributed by atoms with E-state index in [0.717, 1.165) is 11.1 Å². The summed E-state index contributed by atoms with van der Waals surface area (Å²) in [4.78, 5) is 27.6. The number of aliphatic carboxylic acids is 1. The van der Waals surface area contributed by atoms with Crippen molar-refractivity contribution in [2.24, 2.45) is 5.92 Å². The second-order valence-electron chi connectivity index (χ2n) is 7.38. The van der Waals surface area contributed by atoms with Crippen LogP contribution in [0, 0.1) is 5.92 Å². The Bertz CT molecular complexity index is 1180. The quantitative estimate of drug-likeness (QED) is 0.547. The van der Waals surface area contributed by atoms with Crippen molar-refractivity contribution in [3.05, 3.63) is 60.7 Å². The largest absolute Gasteiger partial charge is 0.481 e. The number of aromatic nitrogens is 3. The topological polar surface area (TPSA) is 92.3 Å². The monoisotopic (exact) mass is 400 g/mol. The Balaban J connectivity index is 1.61. The van der Waals surface area contributed by atoms with E-state index in [1.807, 2.05) is 60.7 Å². The second-order valence-corrected chi connectivity index (χ2v) is 7.38. The number of nitrogens with zero attached hydrogens (tertiary/aromatic N) is 4. The maximum absolute atomic E-state index is 11.3. The second kappa shape index (κ2) is 7.59. The molecule has 0 spiro atoms. The van der Waals surface area contributed by atoms with Gasteiger partial charge in [0.05, 0.1) is 5.92 Å². The molecule has 0 saturated carbocycles. The molecular weight excluding hydrogens is 380 g/mol. The van der Waals surface area contributed by atoms with Gasteiger partial charge >= 0.3 is 5.97 Å². The van der Waals surface area contributed by atoms with Crippen LogP contribution in [0.4, 0.5) is 5.82 Å². The highest BCUT2D eigenvalue weighted by Gasteiger charge is 2.28. The van der Waals surface area contributed by atoms with Crippen LogP contribution in [-0.2, 0) is 4.79 Å². The van der Waals surface area contributed by atoms with Crippen LogP contribution in [0.15, 0.2) is 65.1 Å². The highest BCUT2D eigenvalue weighted by atomic mass is 16.4. The number of hydrogen-bond acceptors (Lipinski definition) is 6. The first-order valence-electron chi connectivity index (χ1n) is 9.96. The van der Waals surface area contributed by atoms with E-state index < -0.39 is 5.97 Å². The van der Waals surface area contributed by atoms with Gasteiger partial charge in [-0.1, -0.05) is 48.5 Å². The molecule has 5 rings (SSSR count). The van der Waals surface area contributed by atoms with Gasteiger partial charge in [-0.25, -0.2) is 9.97 Å². The number of benzene rings is 2. The molecule has 0 aliphatic carbocycles. The van der Waals surface area contributed by atoms with Gasteiger partial charge in [-0.15, -0.1) is 0 Å². The molecule has 0 atom stereocenters. The number of carbonyl (C=O) groups is 1. The Morgan fingerprint density at radius 3 is 2.17 bits per heavy atom. The van der Waals surface area contributed by atoms with E-state index in [1.165, 1.54) is 0 Å². The summed E-state index contributed by atoms with van der Waals surface area (Å²) in [6.07, 6.45) is 1.15. The average Bonchev–Trinajstić information content (AvgIpc) is 3.24. The van der Waals surface area contributed by atoms with Gasteiger partial charge in [0, 0.05) is 24.2 Å². The number of rotatable bonds is 4. The summed E-state index contributed by atoms with van der Waals surface area (Å²) in [5, 5.41) is 9.32. The van der Waals surface area contributed by atoms with Crippen LogP contribution in [0.2, 0.25) is 0 Å². The number of oxazole rings is 1. The molecule has 1 fully saturated rings. The van der Waals surface area contributed by atoms with Crippen molar-refractivity contribution in [2.75, 3.05) is 18.0 Å². The molecule has 0 unspecified atom stereocenters. The van der Waals surface area contributed by atoms with Crippen LogP contribution >= 0.6 is 0 Å². The Labute approximate surface area is 173 Å². The van der Waals surface area contributed by atoms with E-state index in [0.29, 0.717) is 54.7 Å². The number of anilines is 1. The lowest BCUT2D eigenvalue weighted by Crippen LogP contribution is -2.37. The van der Waals surface area contributed by atoms with E-state index >= 15 is 0 Å². The Morgan fingerprint density at radius 1 is 0.900 bits per heavy atom. The summed E-state index contributed by atoms with van der Waals surface area (Å²) in [5.74, 6) is 0.694. The summed E-state index contributed by atoms with van der Waals surface area (Å²) < 4.78 is 6.02. The fourth-order valence-corrected chi connectivity index (χ4v) is 3.79. The Morgan fingerprint density at radius 2 is 1.53 bits per heavy atom. The molecular formula is C23H20N4O3. The first-order chi connectivity index (χ1) is 14.7. The molecule has 1 aliphatic rings. The third kappa shape index (κ3) is 3.39. The van der Waals surface area contributed by atoms with E-state index in [4.69, 9.17) is 14.4 Å². The Hall–Kier alpha value is -3.74. The minimum Gasteiger partial charge on any atom is -0.481 e. The van der Waals surface area contributed by atoms with Crippen molar-refractivity contribution in [3.63, 3.8) is 0 Å². The van der Waals surface area contributed by atoms with E-state index in [-0.39, 0.29) is 5.92 Å². The van der Waals surface area contributed by atoms with Gasteiger partial charge in [-0.3, -0.25) is 4.79 Å². The van der Waals surface area contributed by atoms with E-state index in [2.05, 4.69) is 9.88 Å². The molecule has 30 heavy (non-hydrogen) atoms. The number of carboxylic acid groups (broad SMARTS) is 1. The van der Waals surface area contributed by atoms with Crippen molar-refractivity contribution in [2.45, 2.75) is 12.8 Å². The van der Waals surface area contributed by atoms with Crippen LogP contribution in [0.25, 0.3) is 34.1 Å². The molecule has 1 aliphatic heterocycles. The number of hydrogen-bond donors (Lipinski definition) is 1. The highest BCUT2D eigenvalue weighted by molar-refractivity contribution is 5.86. The third-order valence-electron chi connectivity index (χ3n) is 5.44. The molecule has 0 bridgehead atoms. The minimum atomic E-state index is -0.736. The summed E-state index contributed by atoms with van der Waals surface area (Å²) in [5.41, 5.74) is 2.78. The molecule has 0 amide bonds. The number of fused-ring (bicyclic) bond motifs is 1. The molecule has 1 saturated heterocycles. The molecule has 4 aromatic rings. The summed E-state index contributed by atoms with van der Waals surface area (Å²) >= 11 is 0. The first kappa shape index (κ1) is 18.3. The number of carboxylic acids is 1.